The summed E-state index contributed by atoms with van der Waals surface area (Å²) in [6.45, 7) is 0. The fraction of sp³-hybridized carbons (Fsp3) is 0.500. The van der Waals surface area contributed by atoms with E-state index >= 15 is 0 Å². The van der Waals surface area contributed by atoms with Crippen LogP contribution in [0.1, 0.15) is 0 Å². The van der Waals surface area contributed by atoms with Crippen molar-refractivity contribution in [3.05, 3.63) is 0 Å². The Hall–Kier alpha value is -0.150. The molecule has 0 bridgehead atoms. The largest absolute Gasteiger partial charge is 0.385 e. The molecule has 1 aliphatic rings. The highest BCUT2D eigenvalue weighted by atomic mass is 32.2. The number of carbonyl (C=O) groups excluding carboxylic acids is 1. The molecule has 0 saturated carbocycles. The number of thiol groups is 1. The van der Waals surface area contributed by atoms with Crippen molar-refractivity contribution in [1.82, 2.24) is 0 Å². The van der Waals surface area contributed by atoms with Crippen LogP contribution in [-0.4, -0.2) is 15.6 Å². The lowest BCUT2D eigenvalue weighted by Crippen LogP contribution is -2.16. The average Bonchev–Trinajstić information content (AvgIpc) is 2.04. The maximum absolute atomic E-state index is 10.4. The Bertz CT molecular complexity index is 167. The van der Waals surface area contributed by atoms with E-state index in [0.29, 0.717) is 0 Å². The molecule has 1 aliphatic heterocycles. The zero-order chi connectivity index (χ0) is 7.56. The predicted molar refractivity (Wildman–Crippen MR) is 30.3 cm³/mol. The average molecular weight is 186 g/mol. The van der Waals surface area contributed by atoms with E-state index in [1.165, 1.54) is 0 Å². The van der Waals surface area contributed by atoms with Crippen LogP contribution >= 0.6 is 12.6 Å². The third-order valence-corrected chi connectivity index (χ3v) is 1.23. The molecule has 2 atom stereocenters. The molecule has 0 spiro atoms. The Morgan fingerprint density at radius 3 is 2.90 bits per heavy atom. The van der Waals surface area contributed by atoms with E-state index < -0.39 is 22.8 Å². The Labute approximate surface area is 63.5 Å². The van der Waals surface area contributed by atoms with Gasteiger partial charge >= 0.3 is 17.3 Å². The number of rotatable bonds is 0. The summed E-state index contributed by atoms with van der Waals surface area (Å²) in [5.41, 5.74) is -1.23. The van der Waals surface area contributed by atoms with E-state index in [1.54, 1.807) is 0 Å². The van der Waals surface area contributed by atoms with E-state index in [9.17, 15) is 9.00 Å². The summed E-state index contributed by atoms with van der Waals surface area (Å²) in [5, 5.41) is 0. The minimum absolute atomic E-state index is 0.922. The maximum atomic E-state index is 10.4. The van der Waals surface area contributed by atoms with E-state index in [0.717, 1.165) is 0 Å². The highest BCUT2D eigenvalue weighted by molar-refractivity contribution is 7.81. The molecular weight excluding hydrogens is 184 g/mol. The fourth-order valence-corrected chi connectivity index (χ4v) is 0.655. The topological polar surface area (TPSA) is 71.1 Å². The first kappa shape index (κ1) is 7.95. The van der Waals surface area contributed by atoms with Gasteiger partial charge in [-0.2, -0.15) is 9.10 Å². The van der Waals surface area contributed by atoms with E-state index in [1.807, 2.05) is 0 Å². The van der Waals surface area contributed by atoms with Gasteiger partial charge in [-0.05, 0) is 4.33 Å². The third-order valence-electron chi connectivity index (χ3n) is 0.559. The van der Waals surface area contributed by atoms with Crippen LogP contribution in [-0.2, 0) is 34.6 Å². The van der Waals surface area contributed by atoms with Crippen molar-refractivity contribution in [2.45, 2.75) is 5.44 Å². The van der Waals surface area contributed by atoms with Crippen LogP contribution < -0.4 is 0 Å². The van der Waals surface area contributed by atoms with Crippen LogP contribution in [0.5, 0.6) is 0 Å². The highest BCUT2D eigenvalue weighted by Gasteiger charge is 2.25. The van der Waals surface area contributed by atoms with E-state index in [-0.39, 0.29) is 0 Å². The van der Waals surface area contributed by atoms with Crippen LogP contribution in [0.3, 0.4) is 0 Å². The molecule has 0 aromatic heterocycles. The van der Waals surface area contributed by atoms with Crippen molar-refractivity contribution in [2.24, 2.45) is 0 Å². The van der Waals surface area contributed by atoms with Crippen LogP contribution in [0.25, 0.3) is 0 Å². The van der Waals surface area contributed by atoms with Gasteiger partial charge < -0.3 is 0 Å². The van der Waals surface area contributed by atoms with Gasteiger partial charge in [0, 0.05) is 0 Å². The standard InChI is InChI=1S/C2H2O6S2/c3-1-2(9)6-8-10(4)7-5-1/h2,9H. The van der Waals surface area contributed by atoms with Crippen molar-refractivity contribution in [3.8, 4) is 0 Å². The van der Waals surface area contributed by atoms with Gasteiger partial charge in [0.1, 0.15) is 0 Å². The second-order valence-corrected chi connectivity index (χ2v) is 2.34. The molecule has 0 N–H and O–H groups in total. The van der Waals surface area contributed by atoms with Gasteiger partial charge in [0.15, 0.2) is 0 Å². The van der Waals surface area contributed by atoms with Gasteiger partial charge in [0.05, 0.1) is 0 Å². The molecule has 0 aromatic carbocycles. The number of carbonyl (C=O) groups is 1. The minimum atomic E-state index is -2.21. The highest BCUT2D eigenvalue weighted by Crippen LogP contribution is 2.08. The van der Waals surface area contributed by atoms with Crippen LogP contribution in [0.4, 0.5) is 0 Å². The SMILES string of the molecule is O=C1OOS(=O)OOC1S. The van der Waals surface area contributed by atoms with Crippen LogP contribution in [0, 0.1) is 0 Å². The first-order valence-electron chi connectivity index (χ1n) is 2.02. The summed E-state index contributed by atoms with van der Waals surface area (Å²) in [5.74, 6) is -0.922. The second-order valence-electron chi connectivity index (χ2n) is 1.19. The fourth-order valence-electron chi connectivity index (χ4n) is 0.222. The molecule has 1 saturated heterocycles. The summed E-state index contributed by atoms with van der Waals surface area (Å²) in [4.78, 5) is 18.4. The van der Waals surface area contributed by atoms with Crippen LogP contribution in [0.2, 0.25) is 0 Å². The summed E-state index contributed by atoms with van der Waals surface area (Å²) >= 11 is 1.32. The van der Waals surface area contributed by atoms with Crippen molar-refractivity contribution in [2.75, 3.05) is 0 Å². The summed E-state index contributed by atoms with van der Waals surface area (Å²) < 4.78 is 17.9. The zero-order valence-corrected chi connectivity index (χ0v) is 6.09. The number of hydrogen-bond donors (Lipinski definition) is 1. The molecule has 0 radical (unpaired) electrons. The molecule has 8 heteroatoms. The minimum Gasteiger partial charge on any atom is -0.277 e. The van der Waals surface area contributed by atoms with Gasteiger partial charge in [-0.25, -0.2) is 4.79 Å². The smallest absolute Gasteiger partial charge is 0.277 e. The van der Waals surface area contributed by atoms with Gasteiger partial charge in [-0.1, -0.05) is 0 Å². The quantitative estimate of drug-likeness (QED) is 0.397. The summed E-state index contributed by atoms with van der Waals surface area (Å²) in [6, 6.07) is 0. The Kier molecular flexibility index (Phi) is 2.63. The molecular formula is C2H2O6S2. The predicted octanol–water partition coefficient (Wildman–Crippen LogP) is -0.742. The van der Waals surface area contributed by atoms with Crippen molar-refractivity contribution < 1.29 is 27.4 Å². The van der Waals surface area contributed by atoms with Gasteiger partial charge in [-0.3, -0.25) is 4.89 Å². The lowest BCUT2D eigenvalue weighted by Gasteiger charge is -1.96. The van der Waals surface area contributed by atoms with Crippen LogP contribution in [0.15, 0.2) is 0 Å². The molecule has 6 nitrogen and oxygen atoms in total. The Morgan fingerprint density at radius 1 is 1.50 bits per heavy atom. The molecule has 1 fully saturated rings. The molecule has 2 unspecified atom stereocenters. The lowest BCUT2D eigenvalue weighted by atomic mass is 10.7. The maximum Gasteiger partial charge on any atom is 0.385 e. The molecule has 1 heterocycles. The molecule has 0 aliphatic carbocycles. The van der Waals surface area contributed by atoms with Gasteiger partial charge in [-0.15, -0.1) is 17.0 Å². The van der Waals surface area contributed by atoms with Gasteiger partial charge in [0.2, 0.25) is 5.44 Å². The molecule has 10 heavy (non-hydrogen) atoms. The molecule has 0 amide bonds. The zero-order valence-electron chi connectivity index (χ0n) is 4.38. The van der Waals surface area contributed by atoms with Crippen molar-refractivity contribution >= 4 is 30.0 Å². The van der Waals surface area contributed by atoms with Crippen molar-refractivity contribution in [3.63, 3.8) is 0 Å². The summed E-state index contributed by atoms with van der Waals surface area (Å²) in [6.07, 6.45) is 0. The Morgan fingerprint density at radius 2 is 2.20 bits per heavy atom. The Balaban J connectivity index is 2.54. The molecule has 0 aromatic rings. The first-order chi connectivity index (χ1) is 4.70. The summed E-state index contributed by atoms with van der Waals surface area (Å²) in [7, 11) is 0. The normalized spacial score (nSPS) is 34.7. The second kappa shape index (κ2) is 3.30. The first-order valence-corrected chi connectivity index (χ1v) is 3.54. The van der Waals surface area contributed by atoms with Gasteiger partial charge in [0.25, 0.3) is 0 Å². The lowest BCUT2D eigenvalue weighted by molar-refractivity contribution is -0.217. The number of hydrogen-bond acceptors (Lipinski definition) is 7. The van der Waals surface area contributed by atoms with E-state index in [2.05, 4.69) is 31.1 Å². The van der Waals surface area contributed by atoms with E-state index in [4.69, 9.17) is 0 Å². The monoisotopic (exact) mass is 186 g/mol. The molecule has 1 rings (SSSR count). The third kappa shape index (κ3) is 1.92. The van der Waals surface area contributed by atoms with Crippen molar-refractivity contribution in [1.29, 1.82) is 0 Å². The molecule has 58 valence electrons.